The Morgan fingerprint density at radius 3 is 1.86 bits per heavy atom. The number of hydrogen-bond donors (Lipinski definition) is 2. The van der Waals surface area contributed by atoms with Crippen molar-refractivity contribution in [1.82, 2.24) is 9.62 Å². The molecule has 4 aromatic carbocycles. The predicted molar refractivity (Wildman–Crippen MR) is 170 cm³/mol. The molecule has 0 spiro atoms. The van der Waals surface area contributed by atoms with Gasteiger partial charge >= 0.3 is 6.09 Å². The molecule has 228 valence electrons. The number of non-ortho nitro benzene ring substituents is 1. The van der Waals surface area contributed by atoms with Crippen LogP contribution in [0.2, 0.25) is 0 Å². The van der Waals surface area contributed by atoms with Gasteiger partial charge in [0.05, 0.1) is 9.67 Å². The quantitative estimate of drug-likeness (QED) is 0.131. The lowest BCUT2D eigenvalue weighted by Gasteiger charge is -2.37. The van der Waals surface area contributed by atoms with Crippen LogP contribution in [0.4, 0.5) is 10.5 Å². The predicted octanol–water partition coefficient (Wildman–Crippen LogP) is 5.19. The van der Waals surface area contributed by atoms with Gasteiger partial charge in [-0.25, -0.2) is 14.7 Å². The Balaban J connectivity index is 1.45. The number of thioether (sulfide) groups is 1. The number of nitro benzene ring substituents is 1. The molecule has 0 aliphatic carbocycles. The number of carbonyl (C=O) groups excluding carboxylic acids is 1. The Morgan fingerprint density at radius 1 is 0.909 bits per heavy atom. The molecule has 1 aliphatic rings. The van der Waals surface area contributed by atoms with Crippen LogP contribution in [0.25, 0.3) is 0 Å². The van der Waals surface area contributed by atoms with Gasteiger partial charge in [0, 0.05) is 36.5 Å². The van der Waals surface area contributed by atoms with Crippen molar-refractivity contribution in [2.24, 2.45) is 5.14 Å². The first-order valence-corrected chi connectivity index (χ1v) is 16.4. The summed E-state index contributed by atoms with van der Waals surface area (Å²) in [6.45, 7) is 0.134. The molecule has 2 atom stereocenters. The zero-order valence-electron chi connectivity index (χ0n) is 23.7. The molecule has 10 nitrogen and oxygen atoms in total. The summed E-state index contributed by atoms with van der Waals surface area (Å²) in [7, 11) is -4.00. The van der Waals surface area contributed by atoms with Gasteiger partial charge in [-0.2, -0.15) is 8.42 Å². The molecule has 4 aromatic rings. The summed E-state index contributed by atoms with van der Waals surface area (Å²) < 4.78 is 30.9. The summed E-state index contributed by atoms with van der Waals surface area (Å²) in [6.07, 6.45) is -0.133. The summed E-state index contributed by atoms with van der Waals surface area (Å²) in [5, 5.41) is 16.1. The molecule has 1 amide bonds. The van der Waals surface area contributed by atoms with Crippen LogP contribution in [0.3, 0.4) is 0 Å². The van der Waals surface area contributed by atoms with Gasteiger partial charge in [0.1, 0.15) is 6.61 Å². The van der Waals surface area contributed by atoms with Crippen molar-refractivity contribution in [3.05, 3.63) is 148 Å². The van der Waals surface area contributed by atoms with E-state index in [2.05, 4.69) is 41.1 Å². The number of carbonyl (C=O) groups is 1. The lowest BCUT2D eigenvalue weighted by atomic mass is 9.84. The van der Waals surface area contributed by atoms with Crippen molar-refractivity contribution in [3.63, 3.8) is 0 Å². The van der Waals surface area contributed by atoms with Crippen LogP contribution in [0, 0.1) is 10.1 Å². The molecule has 44 heavy (non-hydrogen) atoms. The maximum absolute atomic E-state index is 13.4. The van der Waals surface area contributed by atoms with Crippen LogP contribution in [0.5, 0.6) is 0 Å². The number of nitrogens with one attached hydrogen (secondary N) is 1. The van der Waals surface area contributed by atoms with Crippen molar-refractivity contribution < 1.29 is 22.9 Å². The Bertz CT molecular complexity index is 1580. The summed E-state index contributed by atoms with van der Waals surface area (Å²) in [5.41, 5.74) is 3.74. The van der Waals surface area contributed by atoms with E-state index in [0.717, 1.165) is 16.7 Å². The lowest BCUT2D eigenvalue weighted by Crippen LogP contribution is -2.44. The first-order valence-electron chi connectivity index (χ1n) is 13.9. The molecule has 1 saturated heterocycles. The Hall–Kier alpha value is -4.23. The van der Waals surface area contributed by atoms with E-state index in [-0.39, 0.29) is 24.1 Å². The monoisotopic (exact) mass is 632 g/mol. The van der Waals surface area contributed by atoms with Crippen LogP contribution in [0.15, 0.2) is 115 Å². The first kappa shape index (κ1) is 31.2. The standard InChI is InChI=1S/C32H32N4O6S2/c33-44(40,41)34-21-29-20-30(22-35(29)31(37)42-23-24-16-18-28(19-17-24)36(38)39)43-32(25-10-4-1-5-11-25,26-12-6-2-7-13-26)27-14-8-3-9-15-27/h1-19,29-30,34H,20-23H2,(H2,33,40,41)/t29-,30-/m0/s1. The number of nitrogens with two attached hydrogens (primary N) is 1. The second kappa shape index (κ2) is 13.6. The van der Waals surface area contributed by atoms with Gasteiger partial charge in [0.2, 0.25) is 0 Å². The minimum absolute atomic E-state index is 0.0626. The average molecular weight is 633 g/mol. The maximum atomic E-state index is 13.4. The van der Waals surface area contributed by atoms with Gasteiger partial charge in [0.15, 0.2) is 0 Å². The number of nitro groups is 1. The van der Waals surface area contributed by atoms with Crippen LogP contribution in [-0.2, 0) is 26.3 Å². The fourth-order valence-corrected chi connectivity index (χ4v) is 7.80. The summed E-state index contributed by atoms with van der Waals surface area (Å²) in [4.78, 5) is 25.4. The fourth-order valence-electron chi connectivity index (χ4n) is 5.50. The maximum Gasteiger partial charge on any atom is 0.410 e. The second-order valence-corrected chi connectivity index (χ2v) is 13.3. The molecule has 5 rings (SSSR count). The van der Waals surface area contributed by atoms with Gasteiger partial charge in [-0.15, -0.1) is 11.8 Å². The topological polar surface area (TPSA) is 145 Å². The first-order chi connectivity index (χ1) is 21.2. The zero-order valence-corrected chi connectivity index (χ0v) is 25.3. The van der Waals surface area contributed by atoms with Crippen LogP contribution in [0.1, 0.15) is 28.7 Å². The van der Waals surface area contributed by atoms with Gasteiger partial charge in [0.25, 0.3) is 15.9 Å². The third-order valence-corrected chi connectivity index (χ3v) is 9.83. The van der Waals surface area contributed by atoms with Gasteiger partial charge in [-0.1, -0.05) is 91.0 Å². The van der Waals surface area contributed by atoms with Crippen molar-refractivity contribution in [3.8, 4) is 0 Å². The van der Waals surface area contributed by atoms with E-state index in [4.69, 9.17) is 9.88 Å². The highest BCUT2D eigenvalue weighted by atomic mass is 32.2. The smallest absolute Gasteiger partial charge is 0.410 e. The Labute approximate surface area is 260 Å². The minimum atomic E-state index is -4.00. The highest BCUT2D eigenvalue weighted by Gasteiger charge is 2.44. The molecule has 3 N–H and O–H groups in total. The summed E-state index contributed by atoms with van der Waals surface area (Å²) in [6, 6.07) is 35.8. The van der Waals surface area contributed by atoms with Crippen LogP contribution in [-0.4, -0.2) is 48.7 Å². The molecule has 0 saturated carbocycles. The summed E-state index contributed by atoms with van der Waals surface area (Å²) in [5.74, 6) is 0. The lowest BCUT2D eigenvalue weighted by molar-refractivity contribution is -0.384. The Kier molecular flexibility index (Phi) is 9.64. The highest BCUT2D eigenvalue weighted by molar-refractivity contribution is 8.01. The largest absolute Gasteiger partial charge is 0.445 e. The number of amides is 1. The SMILES string of the molecule is NS(=O)(=O)NC[C@@H]1C[C@H](SC(c2ccccc2)(c2ccccc2)c2ccccc2)CN1C(=O)OCc1ccc([N+](=O)[O-])cc1. The number of nitrogens with zero attached hydrogens (tertiary/aromatic N) is 2. The normalized spacial score (nSPS) is 16.9. The van der Waals surface area contributed by atoms with Gasteiger partial charge < -0.3 is 9.64 Å². The van der Waals surface area contributed by atoms with E-state index in [9.17, 15) is 23.3 Å². The highest BCUT2D eigenvalue weighted by Crippen LogP contribution is 2.52. The summed E-state index contributed by atoms with van der Waals surface area (Å²) >= 11 is 1.71. The number of ether oxygens (including phenoxy) is 1. The van der Waals surface area contributed by atoms with E-state index < -0.39 is 32.0 Å². The fraction of sp³-hybridized carbons (Fsp3) is 0.219. The average Bonchev–Trinajstić information content (AvgIpc) is 3.45. The number of rotatable bonds is 11. The number of benzene rings is 4. The molecule has 0 radical (unpaired) electrons. The van der Waals surface area contributed by atoms with Crippen molar-refractivity contribution in [1.29, 1.82) is 0 Å². The molecule has 0 unspecified atom stereocenters. The Morgan fingerprint density at radius 2 is 1.41 bits per heavy atom. The van der Waals surface area contributed by atoms with Gasteiger partial charge in [-0.3, -0.25) is 10.1 Å². The van der Waals surface area contributed by atoms with Crippen molar-refractivity contribution in [2.75, 3.05) is 13.1 Å². The van der Waals surface area contributed by atoms with Crippen molar-refractivity contribution >= 4 is 33.8 Å². The van der Waals surface area contributed by atoms with E-state index >= 15 is 0 Å². The zero-order chi connectivity index (χ0) is 31.2. The molecule has 1 heterocycles. The number of hydrogen-bond acceptors (Lipinski definition) is 7. The second-order valence-electron chi connectivity index (χ2n) is 10.4. The third-order valence-electron chi connectivity index (χ3n) is 7.52. The number of likely N-dealkylation sites (tertiary alicyclic amines) is 1. The molecule has 1 fully saturated rings. The minimum Gasteiger partial charge on any atom is -0.445 e. The van der Waals surface area contributed by atoms with E-state index in [0.29, 0.717) is 18.5 Å². The molecular weight excluding hydrogens is 601 g/mol. The van der Waals surface area contributed by atoms with Gasteiger partial charge in [-0.05, 0) is 40.8 Å². The molecule has 0 bridgehead atoms. The van der Waals surface area contributed by atoms with E-state index in [1.54, 1.807) is 11.8 Å². The van der Waals surface area contributed by atoms with Crippen molar-refractivity contribution in [2.45, 2.75) is 29.1 Å². The van der Waals surface area contributed by atoms with Crippen LogP contribution >= 0.6 is 11.8 Å². The third kappa shape index (κ3) is 7.28. The molecule has 0 aromatic heterocycles. The van der Waals surface area contributed by atoms with E-state index in [1.165, 1.54) is 29.2 Å². The van der Waals surface area contributed by atoms with Crippen LogP contribution < -0.4 is 9.86 Å². The van der Waals surface area contributed by atoms with E-state index in [1.807, 2.05) is 54.6 Å². The molecular formula is C32H32N4O6S2. The molecule has 1 aliphatic heterocycles. The molecule has 12 heteroatoms.